The Balaban J connectivity index is 2.13. The summed E-state index contributed by atoms with van der Waals surface area (Å²) in [6.45, 7) is 1.52. The van der Waals surface area contributed by atoms with Crippen molar-refractivity contribution in [3.8, 4) is 5.75 Å². The molecule has 0 aromatic heterocycles. The molecule has 1 aliphatic heterocycles. The van der Waals surface area contributed by atoms with E-state index in [-0.39, 0.29) is 17.4 Å². The maximum absolute atomic E-state index is 13.3. The molecule has 1 amide bonds. The highest BCUT2D eigenvalue weighted by molar-refractivity contribution is 5.97. The number of rotatable bonds is 2. The number of carbonyl (C=O) groups excluding carboxylic acids is 1. The number of benzene rings is 1. The minimum atomic E-state index is -0.705. The zero-order chi connectivity index (χ0) is 11.5. The molecule has 86 valence electrons. The number of phenolic OH excluding ortho intramolecular Hbond substituents is 1. The summed E-state index contributed by atoms with van der Waals surface area (Å²) in [7, 11) is 0. The third-order valence-corrected chi connectivity index (χ3v) is 2.61. The third-order valence-electron chi connectivity index (χ3n) is 2.61. The molecule has 1 heterocycles. The third kappa shape index (κ3) is 2.14. The molecule has 4 nitrogen and oxygen atoms in total. The molecule has 1 fully saturated rings. The van der Waals surface area contributed by atoms with Crippen LogP contribution in [0.15, 0.2) is 18.2 Å². The number of amides is 1. The Hall–Kier alpha value is -1.62. The van der Waals surface area contributed by atoms with Gasteiger partial charge < -0.3 is 15.7 Å². The SMILES string of the molecule is O=C(N[C@@H]1CCNC1)c1c(O)cccc1F. The first-order valence-electron chi connectivity index (χ1n) is 5.17. The molecule has 0 bridgehead atoms. The molecule has 1 aromatic carbocycles. The highest BCUT2D eigenvalue weighted by Gasteiger charge is 2.21. The monoisotopic (exact) mass is 224 g/mol. The van der Waals surface area contributed by atoms with Crippen LogP contribution in [0, 0.1) is 5.82 Å². The van der Waals surface area contributed by atoms with Crippen LogP contribution in [0.2, 0.25) is 0 Å². The van der Waals surface area contributed by atoms with E-state index in [1.807, 2.05) is 0 Å². The number of carbonyl (C=O) groups is 1. The van der Waals surface area contributed by atoms with Gasteiger partial charge in [-0.05, 0) is 25.1 Å². The fourth-order valence-corrected chi connectivity index (χ4v) is 1.77. The molecule has 3 N–H and O–H groups in total. The number of nitrogens with one attached hydrogen (secondary N) is 2. The maximum Gasteiger partial charge on any atom is 0.258 e. The predicted molar refractivity (Wildman–Crippen MR) is 56.8 cm³/mol. The lowest BCUT2D eigenvalue weighted by molar-refractivity contribution is 0.0933. The molecule has 16 heavy (non-hydrogen) atoms. The van der Waals surface area contributed by atoms with Gasteiger partial charge in [0, 0.05) is 12.6 Å². The molecule has 2 rings (SSSR count). The van der Waals surface area contributed by atoms with Crippen molar-refractivity contribution in [2.24, 2.45) is 0 Å². The van der Waals surface area contributed by atoms with Gasteiger partial charge in [0.1, 0.15) is 17.1 Å². The molecule has 1 aliphatic rings. The van der Waals surface area contributed by atoms with Gasteiger partial charge in [-0.25, -0.2) is 4.39 Å². The second-order valence-electron chi connectivity index (χ2n) is 3.80. The van der Waals surface area contributed by atoms with Crippen LogP contribution in [0.1, 0.15) is 16.8 Å². The molecule has 0 spiro atoms. The van der Waals surface area contributed by atoms with E-state index in [1.54, 1.807) is 0 Å². The van der Waals surface area contributed by atoms with Crippen molar-refractivity contribution in [3.05, 3.63) is 29.6 Å². The van der Waals surface area contributed by atoms with Crippen molar-refractivity contribution in [2.45, 2.75) is 12.5 Å². The average Bonchev–Trinajstić information content (AvgIpc) is 2.70. The van der Waals surface area contributed by atoms with Crippen molar-refractivity contribution in [1.29, 1.82) is 0 Å². The number of aromatic hydroxyl groups is 1. The first kappa shape index (κ1) is 10.9. The van der Waals surface area contributed by atoms with Gasteiger partial charge in [-0.3, -0.25) is 4.79 Å². The Kier molecular flexibility index (Phi) is 3.05. The van der Waals surface area contributed by atoms with Crippen LogP contribution < -0.4 is 10.6 Å². The maximum atomic E-state index is 13.3. The number of hydrogen-bond acceptors (Lipinski definition) is 3. The molecular formula is C11H13FN2O2. The van der Waals surface area contributed by atoms with Crippen LogP contribution in [-0.4, -0.2) is 30.1 Å². The van der Waals surface area contributed by atoms with Gasteiger partial charge in [0.15, 0.2) is 0 Å². The highest BCUT2D eigenvalue weighted by atomic mass is 19.1. The van der Waals surface area contributed by atoms with Crippen LogP contribution in [0.4, 0.5) is 4.39 Å². The molecule has 0 radical (unpaired) electrons. The molecule has 0 aliphatic carbocycles. The largest absolute Gasteiger partial charge is 0.507 e. The molecule has 1 atom stereocenters. The first-order valence-corrected chi connectivity index (χ1v) is 5.17. The molecule has 1 saturated heterocycles. The Bertz CT molecular complexity index is 383. The quantitative estimate of drug-likeness (QED) is 0.690. The minimum Gasteiger partial charge on any atom is -0.507 e. The van der Waals surface area contributed by atoms with Gasteiger partial charge in [0.25, 0.3) is 5.91 Å². The van der Waals surface area contributed by atoms with E-state index in [2.05, 4.69) is 10.6 Å². The zero-order valence-corrected chi connectivity index (χ0v) is 8.66. The Morgan fingerprint density at radius 3 is 3.00 bits per heavy atom. The van der Waals surface area contributed by atoms with Crippen molar-refractivity contribution in [2.75, 3.05) is 13.1 Å². The summed E-state index contributed by atoms with van der Waals surface area (Å²) in [5, 5.41) is 15.2. The van der Waals surface area contributed by atoms with Crippen LogP contribution in [-0.2, 0) is 0 Å². The van der Waals surface area contributed by atoms with Gasteiger partial charge >= 0.3 is 0 Å². The predicted octanol–water partition coefficient (Wildman–Crippen LogP) is 0.623. The Morgan fingerprint density at radius 1 is 1.56 bits per heavy atom. The average molecular weight is 224 g/mol. The van der Waals surface area contributed by atoms with Crippen LogP contribution in [0.3, 0.4) is 0 Å². The summed E-state index contributed by atoms with van der Waals surface area (Å²) < 4.78 is 13.3. The number of halogens is 1. The highest BCUT2D eigenvalue weighted by Crippen LogP contribution is 2.19. The van der Waals surface area contributed by atoms with Crippen molar-refractivity contribution in [3.63, 3.8) is 0 Å². The normalized spacial score (nSPS) is 19.7. The van der Waals surface area contributed by atoms with E-state index in [4.69, 9.17) is 0 Å². The van der Waals surface area contributed by atoms with Gasteiger partial charge in [-0.1, -0.05) is 6.07 Å². The van der Waals surface area contributed by atoms with Gasteiger partial charge in [-0.15, -0.1) is 0 Å². The standard InChI is InChI=1S/C11H13FN2O2/c12-8-2-1-3-9(15)10(8)11(16)14-7-4-5-13-6-7/h1-3,7,13,15H,4-6H2,(H,14,16)/t7-/m1/s1. The van der Waals surface area contributed by atoms with Crippen LogP contribution >= 0.6 is 0 Å². The molecule has 0 saturated carbocycles. The van der Waals surface area contributed by atoms with Crippen molar-refractivity contribution >= 4 is 5.91 Å². The number of phenols is 1. The smallest absolute Gasteiger partial charge is 0.258 e. The summed E-state index contributed by atoms with van der Waals surface area (Å²) >= 11 is 0. The van der Waals surface area contributed by atoms with E-state index in [0.29, 0.717) is 6.54 Å². The Morgan fingerprint density at radius 2 is 2.38 bits per heavy atom. The van der Waals surface area contributed by atoms with Crippen molar-refractivity contribution in [1.82, 2.24) is 10.6 Å². The fraction of sp³-hybridized carbons (Fsp3) is 0.364. The lowest BCUT2D eigenvalue weighted by atomic mass is 10.1. The summed E-state index contributed by atoms with van der Waals surface area (Å²) in [5.74, 6) is -1.60. The van der Waals surface area contributed by atoms with E-state index in [9.17, 15) is 14.3 Å². The van der Waals surface area contributed by atoms with E-state index in [0.717, 1.165) is 19.0 Å². The zero-order valence-electron chi connectivity index (χ0n) is 8.66. The van der Waals surface area contributed by atoms with Crippen LogP contribution in [0.25, 0.3) is 0 Å². The molecule has 5 heteroatoms. The van der Waals surface area contributed by atoms with E-state index < -0.39 is 11.7 Å². The minimum absolute atomic E-state index is 0.00602. The second-order valence-corrected chi connectivity index (χ2v) is 3.80. The molecule has 1 aromatic rings. The second kappa shape index (κ2) is 4.49. The van der Waals surface area contributed by atoms with Gasteiger partial charge in [0.05, 0.1) is 0 Å². The van der Waals surface area contributed by atoms with E-state index >= 15 is 0 Å². The summed E-state index contributed by atoms with van der Waals surface area (Å²) in [6, 6.07) is 3.82. The summed E-state index contributed by atoms with van der Waals surface area (Å²) in [6.07, 6.45) is 0.820. The lowest BCUT2D eigenvalue weighted by Gasteiger charge is -2.12. The number of hydrogen-bond donors (Lipinski definition) is 3. The first-order chi connectivity index (χ1) is 7.68. The summed E-state index contributed by atoms with van der Waals surface area (Å²) in [4.78, 5) is 11.7. The van der Waals surface area contributed by atoms with Gasteiger partial charge in [-0.2, -0.15) is 0 Å². The topological polar surface area (TPSA) is 61.4 Å². The fourth-order valence-electron chi connectivity index (χ4n) is 1.77. The lowest BCUT2D eigenvalue weighted by Crippen LogP contribution is -2.36. The van der Waals surface area contributed by atoms with Crippen LogP contribution in [0.5, 0.6) is 5.75 Å². The van der Waals surface area contributed by atoms with E-state index in [1.165, 1.54) is 12.1 Å². The van der Waals surface area contributed by atoms with Crippen molar-refractivity contribution < 1.29 is 14.3 Å². The van der Waals surface area contributed by atoms with Gasteiger partial charge in [0.2, 0.25) is 0 Å². The Labute approximate surface area is 92.5 Å². The summed E-state index contributed by atoms with van der Waals surface area (Å²) in [5.41, 5.74) is -0.283. The molecule has 0 unspecified atom stereocenters. The molecular weight excluding hydrogens is 211 g/mol.